The van der Waals surface area contributed by atoms with Gasteiger partial charge in [-0.2, -0.15) is 0 Å². The first-order valence-corrected chi connectivity index (χ1v) is 6.09. The monoisotopic (exact) mass is 232 g/mol. The van der Waals surface area contributed by atoms with Crippen molar-refractivity contribution in [3.05, 3.63) is 36.0 Å². The van der Waals surface area contributed by atoms with E-state index in [4.69, 9.17) is 5.11 Å². The predicted molar refractivity (Wildman–Crippen MR) is 71.2 cm³/mol. The summed E-state index contributed by atoms with van der Waals surface area (Å²) in [7, 11) is 2.08. The molecule has 17 heavy (non-hydrogen) atoms. The smallest absolute Gasteiger partial charge is 0.0581 e. The molecule has 0 aliphatic rings. The van der Waals surface area contributed by atoms with Crippen molar-refractivity contribution in [1.82, 2.24) is 9.88 Å². The summed E-state index contributed by atoms with van der Waals surface area (Å²) < 4.78 is 2.17. The lowest BCUT2D eigenvalue weighted by Gasteiger charge is -2.09. The molecular weight excluding hydrogens is 212 g/mol. The Labute approximate surface area is 102 Å². The Morgan fingerprint density at radius 3 is 2.88 bits per heavy atom. The SMILES string of the molecule is CC(CO)NCCc1cn(C)c2ccccc12. The van der Waals surface area contributed by atoms with E-state index in [9.17, 15) is 0 Å². The van der Waals surface area contributed by atoms with E-state index in [1.54, 1.807) is 0 Å². The van der Waals surface area contributed by atoms with Gasteiger partial charge in [0.25, 0.3) is 0 Å². The van der Waals surface area contributed by atoms with Crippen LogP contribution in [0.1, 0.15) is 12.5 Å². The number of rotatable bonds is 5. The van der Waals surface area contributed by atoms with Crippen LogP contribution in [0.15, 0.2) is 30.5 Å². The van der Waals surface area contributed by atoms with Crippen LogP contribution in [0, 0.1) is 0 Å². The lowest BCUT2D eigenvalue weighted by Crippen LogP contribution is -2.30. The van der Waals surface area contributed by atoms with Gasteiger partial charge in [-0.1, -0.05) is 18.2 Å². The zero-order chi connectivity index (χ0) is 12.3. The summed E-state index contributed by atoms with van der Waals surface area (Å²) in [6.07, 6.45) is 3.18. The lowest BCUT2D eigenvalue weighted by atomic mass is 10.1. The van der Waals surface area contributed by atoms with Crippen molar-refractivity contribution >= 4 is 10.9 Å². The summed E-state index contributed by atoms with van der Waals surface area (Å²) in [5, 5.41) is 13.6. The van der Waals surface area contributed by atoms with Gasteiger partial charge in [-0.3, -0.25) is 0 Å². The van der Waals surface area contributed by atoms with E-state index >= 15 is 0 Å². The quantitative estimate of drug-likeness (QED) is 0.823. The number of aliphatic hydroxyl groups is 1. The fourth-order valence-electron chi connectivity index (χ4n) is 2.14. The topological polar surface area (TPSA) is 37.2 Å². The number of aryl methyl sites for hydroxylation is 1. The molecule has 2 N–H and O–H groups in total. The van der Waals surface area contributed by atoms with Crippen LogP contribution in [0.3, 0.4) is 0 Å². The van der Waals surface area contributed by atoms with Gasteiger partial charge in [-0.05, 0) is 31.5 Å². The Bertz CT molecular complexity index is 490. The van der Waals surface area contributed by atoms with Gasteiger partial charge in [-0.25, -0.2) is 0 Å². The summed E-state index contributed by atoms with van der Waals surface area (Å²) in [6, 6.07) is 8.63. The van der Waals surface area contributed by atoms with Crippen molar-refractivity contribution in [2.24, 2.45) is 7.05 Å². The molecule has 1 atom stereocenters. The van der Waals surface area contributed by atoms with Crippen LogP contribution < -0.4 is 5.32 Å². The third-order valence-electron chi connectivity index (χ3n) is 3.14. The lowest BCUT2D eigenvalue weighted by molar-refractivity contribution is 0.252. The zero-order valence-corrected chi connectivity index (χ0v) is 10.5. The highest BCUT2D eigenvalue weighted by Gasteiger charge is 2.05. The molecule has 0 aliphatic carbocycles. The van der Waals surface area contributed by atoms with Gasteiger partial charge in [0.1, 0.15) is 0 Å². The highest BCUT2D eigenvalue weighted by atomic mass is 16.3. The molecule has 1 unspecified atom stereocenters. The van der Waals surface area contributed by atoms with Gasteiger partial charge >= 0.3 is 0 Å². The summed E-state index contributed by atoms with van der Waals surface area (Å²) in [6.45, 7) is 3.08. The zero-order valence-electron chi connectivity index (χ0n) is 10.5. The van der Waals surface area contributed by atoms with E-state index in [1.807, 2.05) is 6.92 Å². The van der Waals surface area contributed by atoms with Crippen LogP contribution in [-0.2, 0) is 13.5 Å². The first-order valence-electron chi connectivity index (χ1n) is 6.09. The molecule has 0 aliphatic heterocycles. The molecule has 2 rings (SSSR count). The maximum Gasteiger partial charge on any atom is 0.0581 e. The van der Waals surface area contributed by atoms with Crippen molar-refractivity contribution in [1.29, 1.82) is 0 Å². The number of aromatic nitrogens is 1. The second-order valence-corrected chi connectivity index (χ2v) is 4.57. The minimum atomic E-state index is 0.171. The Morgan fingerprint density at radius 1 is 1.35 bits per heavy atom. The largest absolute Gasteiger partial charge is 0.395 e. The molecule has 1 aromatic heterocycles. The second-order valence-electron chi connectivity index (χ2n) is 4.57. The third kappa shape index (κ3) is 2.68. The standard InChI is InChI=1S/C14H20N2O/c1-11(10-17)15-8-7-12-9-16(2)14-6-4-3-5-13(12)14/h3-6,9,11,15,17H,7-8,10H2,1-2H3. The fraction of sp³-hybridized carbons (Fsp3) is 0.429. The Kier molecular flexibility index (Phi) is 3.82. The minimum absolute atomic E-state index is 0.171. The predicted octanol–water partition coefficient (Wildman–Crippen LogP) is 1.69. The number of nitrogens with zero attached hydrogens (tertiary/aromatic N) is 1. The Balaban J connectivity index is 2.09. The third-order valence-corrected chi connectivity index (χ3v) is 3.14. The van der Waals surface area contributed by atoms with Gasteiger partial charge < -0.3 is 15.0 Å². The Morgan fingerprint density at radius 2 is 2.12 bits per heavy atom. The Hall–Kier alpha value is -1.32. The van der Waals surface area contributed by atoms with Crippen molar-refractivity contribution in [3.63, 3.8) is 0 Å². The van der Waals surface area contributed by atoms with E-state index in [-0.39, 0.29) is 12.6 Å². The van der Waals surface area contributed by atoms with Crippen molar-refractivity contribution in [2.75, 3.05) is 13.2 Å². The highest BCUT2D eigenvalue weighted by Crippen LogP contribution is 2.20. The van der Waals surface area contributed by atoms with Crippen LogP contribution in [0.25, 0.3) is 10.9 Å². The number of benzene rings is 1. The first kappa shape index (κ1) is 12.1. The normalized spacial score (nSPS) is 13.1. The first-order chi connectivity index (χ1) is 8.22. The highest BCUT2D eigenvalue weighted by molar-refractivity contribution is 5.83. The number of nitrogens with one attached hydrogen (secondary N) is 1. The maximum atomic E-state index is 8.94. The maximum absolute atomic E-state index is 8.94. The molecule has 92 valence electrons. The van der Waals surface area contributed by atoms with Crippen molar-refractivity contribution < 1.29 is 5.11 Å². The molecule has 0 fully saturated rings. The van der Waals surface area contributed by atoms with E-state index in [2.05, 4.69) is 47.4 Å². The number of aliphatic hydroxyl groups excluding tert-OH is 1. The van der Waals surface area contributed by atoms with E-state index in [0.717, 1.165) is 13.0 Å². The van der Waals surface area contributed by atoms with Crippen LogP contribution in [-0.4, -0.2) is 28.9 Å². The van der Waals surface area contributed by atoms with Crippen LogP contribution >= 0.6 is 0 Å². The minimum Gasteiger partial charge on any atom is -0.395 e. The molecule has 2 aromatic rings. The van der Waals surface area contributed by atoms with Crippen LogP contribution in [0.2, 0.25) is 0 Å². The average molecular weight is 232 g/mol. The molecule has 0 saturated carbocycles. The van der Waals surface area contributed by atoms with Gasteiger partial charge in [0, 0.05) is 30.2 Å². The number of hydrogen-bond acceptors (Lipinski definition) is 2. The van der Waals surface area contributed by atoms with E-state index < -0.39 is 0 Å². The molecule has 1 heterocycles. The molecule has 0 saturated heterocycles. The summed E-state index contributed by atoms with van der Waals surface area (Å²) in [4.78, 5) is 0. The van der Waals surface area contributed by atoms with Gasteiger partial charge in [0.2, 0.25) is 0 Å². The molecule has 0 amide bonds. The molecule has 0 radical (unpaired) electrons. The number of hydrogen-bond donors (Lipinski definition) is 2. The number of para-hydroxylation sites is 1. The van der Waals surface area contributed by atoms with Gasteiger partial charge in [-0.15, -0.1) is 0 Å². The molecule has 3 nitrogen and oxygen atoms in total. The molecule has 0 bridgehead atoms. The molecular formula is C14H20N2O. The van der Waals surface area contributed by atoms with Crippen molar-refractivity contribution in [2.45, 2.75) is 19.4 Å². The number of fused-ring (bicyclic) bond motifs is 1. The summed E-state index contributed by atoms with van der Waals surface area (Å²) >= 11 is 0. The molecule has 0 spiro atoms. The fourth-order valence-corrected chi connectivity index (χ4v) is 2.14. The van der Waals surface area contributed by atoms with Gasteiger partial charge in [0.15, 0.2) is 0 Å². The summed E-state index contributed by atoms with van der Waals surface area (Å²) in [5.74, 6) is 0. The summed E-state index contributed by atoms with van der Waals surface area (Å²) in [5.41, 5.74) is 2.64. The van der Waals surface area contributed by atoms with Gasteiger partial charge in [0.05, 0.1) is 6.61 Å². The average Bonchev–Trinajstić information content (AvgIpc) is 2.67. The van der Waals surface area contributed by atoms with E-state index in [0.29, 0.717) is 0 Å². The van der Waals surface area contributed by atoms with Crippen LogP contribution in [0.4, 0.5) is 0 Å². The molecule has 3 heteroatoms. The second kappa shape index (κ2) is 5.34. The van der Waals surface area contributed by atoms with E-state index in [1.165, 1.54) is 16.5 Å². The molecule has 1 aromatic carbocycles. The van der Waals surface area contributed by atoms with Crippen LogP contribution in [0.5, 0.6) is 0 Å². The van der Waals surface area contributed by atoms with Crippen molar-refractivity contribution in [3.8, 4) is 0 Å².